The minimum Gasteiger partial charge on any atom is -0.481 e. The van der Waals surface area contributed by atoms with Gasteiger partial charge < -0.3 is 15.2 Å². The lowest BCUT2D eigenvalue weighted by Gasteiger charge is -2.68. The molecule has 96 valence electrons. The van der Waals surface area contributed by atoms with Crippen molar-refractivity contribution in [3.63, 3.8) is 0 Å². The second-order valence-corrected chi connectivity index (χ2v) is 6.34. The fourth-order valence-corrected chi connectivity index (χ4v) is 2.84. The van der Waals surface area contributed by atoms with Crippen molar-refractivity contribution in [2.45, 2.75) is 51.2 Å². The zero-order chi connectivity index (χ0) is 12.9. The van der Waals surface area contributed by atoms with Crippen LogP contribution in [0.4, 0.5) is 0 Å². The Morgan fingerprint density at radius 2 is 1.82 bits per heavy atom. The Bertz CT molecular complexity index is 349. The van der Waals surface area contributed by atoms with E-state index in [1.54, 1.807) is 0 Å². The monoisotopic (exact) mass is 241 g/mol. The Balaban J connectivity index is 1.72. The van der Waals surface area contributed by atoms with Crippen molar-refractivity contribution in [3.05, 3.63) is 0 Å². The first-order valence-corrected chi connectivity index (χ1v) is 5.87. The molecule has 3 aliphatic carbocycles. The molecule has 0 aromatic carbocycles. The van der Waals surface area contributed by atoms with E-state index >= 15 is 0 Å². The van der Waals surface area contributed by atoms with Gasteiger partial charge in [0.15, 0.2) is 0 Å². The van der Waals surface area contributed by atoms with Crippen molar-refractivity contribution in [2.24, 2.45) is 5.41 Å². The van der Waals surface area contributed by atoms with Crippen LogP contribution in [-0.4, -0.2) is 34.7 Å². The smallest absolute Gasteiger partial charge is 0.320 e. The average molecular weight is 241 g/mol. The summed E-state index contributed by atoms with van der Waals surface area (Å²) in [6.45, 7) is 5.63. The Morgan fingerprint density at radius 3 is 2.24 bits per heavy atom. The lowest BCUT2D eigenvalue weighted by Crippen LogP contribution is -2.76. The van der Waals surface area contributed by atoms with Gasteiger partial charge in [0.2, 0.25) is 0 Å². The number of rotatable bonds is 4. The zero-order valence-corrected chi connectivity index (χ0v) is 10.5. The summed E-state index contributed by atoms with van der Waals surface area (Å²) in [7, 11) is 0. The Kier molecular flexibility index (Phi) is 2.51. The van der Waals surface area contributed by atoms with Crippen LogP contribution in [-0.2, 0) is 14.3 Å². The molecule has 0 radical (unpaired) electrons. The van der Waals surface area contributed by atoms with Crippen LogP contribution in [0.3, 0.4) is 0 Å². The van der Waals surface area contributed by atoms with Crippen molar-refractivity contribution in [2.75, 3.05) is 6.54 Å². The van der Waals surface area contributed by atoms with E-state index < -0.39 is 17.0 Å². The molecule has 0 saturated heterocycles. The fraction of sp³-hybridized carbons (Fsp3) is 0.833. The second kappa shape index (κ2) is 3.45. The number of aliphatic carboxylic acids is 1. The molecule has 2 N–H and O–H groups in total. The summed E-state index contributed by atoms with van der Waals surface area (Å²) < 4.78 is 5.17. The Hall–Kier alpha value is -1.10. The van der Waals surface area contributed by atoms with Gasteiger partial charge in [-0.25, -0.2) is 0 Å². The fourth-order valence-electron chi connectivity index (χ4n) is 2.84. The number of carboxylic acids is 1. The highest BCUT2D eigenvalue weighted by molar-refractivity contribution is 5.80. The molecule has 3 saturated carbocycles. The van der Waals surface area contributed by atoms with Crippen LogP contribution in [0.5, 0.6) is 0 Å². The number of esters is 1. The molecule has 0 amide bonds. The number of carboxylic acid groups (broad SMARTS) is 1. The van der Waals surface area contributed by atoms with Crippen LogP contribution in [0.15, 0.2) is 0 Å². The normalized spacial score (nSPS) is 34.5. The van der Waals surface area contributed by atoms with Crippen molar-refractivity contribution in [1.29, 1.82) is 0 Å². The number of hydrogen-bond acceptors (Lipinski definition) is 4. The largest absolute Gasteiger partial charge is 0.481 e. The molecule has 0 aromatic heterocycles. The number of ether oxygens (including phenoxy) is 1. The first-order chi connectivity index (χ1) is 7.67. The lowest BCUT2D eigenvalue weighted by atomic mass is 9.39. The molecular weight excluding hydrogens is 222 g/mol. The van der Waals surface area contributed by atoms with Crippen molar-refractivity contribution >= 4 is 11.9 Å². The maximum Gasteiger partial charge on any atom is 0.320 e. The first kappa shape index (κ1) is 12.4. The predicted octanol–water partition coefficient (Wildman–Crippen LogP) is 0.925. The highest BCUT2D eigenvalue weighted by atomic mass is 16.6. The van der Waals surface area contributed by atoms with Gasteiger partial charge in [0.1, 0.15) is 5.60 Å². The van der Waals surface area contributed by atoms with Gasteiger partial charge in [-0.05, 0) is 40.0 Å². The molecule has 3 rings (SSSR count). The molecule has 0 heterocycles. The topological polar surface area (TPSA) is 75.6 Å². The molecule has 0 spiro atoms. The van der Waals surface area contributed by atoms with Gasteiger partial charge in [-0.1, -0.05) is 0 Å². The summed E-state index contributed by atoms with van der Waals surface area (Å²) in [5.41, 5.74) is -1.09. The van der Waals surface area contributed by atoms with Crippen LogP contribution < -0.4 is 5.32 Å². The molecule has 3 fully saturated rings. The van der Waals surface area contributed by atoms with Gasteiger partial charge in [-0.2, -0.15) is 0 Å². The molecule has 2 bridgehead atoms. The van der Waals surface area contributed by atoms with Gasteiger partial charge in [-0.3, -0.25) is 9.59 Å². The summed E-state index contributed by atoms with van der Waals surface area (Å²) >= 11 is 0. The van der Waals surface area contributed by atoms with Gasteiger partial charge in [0, 0.05) is 5.54 Å². The van der Waals surface area contributed by atoms with Gasteiger partial charge in [0.25, 0.3) is 0 Å². The van der Waals surface area contributed by atoms with E-state index in [2.05, 4.69) is 5.32 Å². The van der Waals surface area contributed by atoms with Crippen LogP contribution in [0.1, 0.15) is 40.0 Å². The van der Waals surface area contributed by atoms with Crippen LogP contribution in [0.2, 0.25) is 0 Å². The van der Waals surface area contributed by atoms with E-state index in [0.29, 0.717) is 19.3 Å². The van der Waals surface area contributed by atoms with Gasteiger partial charge in [-0.15, -0.1) is 0 Å². The third-order valence-electron chi connectivity index (χ3n) is 3.51. The molecule has 0 atom stereocenters. The SMILES string of the molecule is CC(C)(C)OC(=O)CNC12CC(C(=O)O)(C1)C2. The van der Waals surface area contributed by atoms with Gasteiger partial charge in [0.05, 0.1) is 12.0 Å². The lowest BCUT2D eigenvalue weighted by molar-refractivity contribution is -0.199. The molecule has 0 unspecified atom stereocenters. The number of carbonyl (C=O) groups excluding carboxylic acids is 1. The van der Waals surface area contributed by atoms with Gasteiger partial charge >= 0.3 is 11.9 Å². The van der Waals surface area contributed by atoms with E-state index in [1.807, 2.05) is 20.8 Å². The molecule has 3 aliphatic rings. The average Bonchev–Trinajstić information content (AvgIpc) is 1.93. The van der Waals surface area contributed by atoms with Crippen LogP contribution >= 0.6 is 0 Å². The maximum atomic E-state index is 11.5. The number of hydrogen-bond donors (Lipinski definition) is 2. The summed E-state index contributed by atoms with van der Waals surface area (Å²) in [5, 5.41) is 12.1. The highest BCUT2D eigenvalue weighted by Gasteiger charge is 2.71. The third kappa shape index (κ3) is 2.16. The van der Waals surface area contributed by atoms with E-state index in [1.165, 1.54) is 0 Å². The third-order valence-corrected chi connectivity index (χ3v) is 3.51. The summed E-state index contributed by atoms with van der Waals surface area (Å²) in [6, 6.07) is 0. The molecule has 0 aliphatic heterocycles. The molecule has 5 nitrogen and oxygen atoms in total. The predicted molar refractivity (Wildman–Crippen MR) is 60.5 cm³/mol. The first-order valence-electron chi connectivity index (χ1n) is 5.87. The molecule has 0 aromatic rings. The van der Waals surface area contributed by atoms with Crippen molar-refractivity contribution in [1.82, 2.24) is 5.32 Å². The summed E-state index contributed by atoms with van der Waals surface area (Å²) in [6.07, 6.45) is 1.91. The van der Waals surface area contributed by atoms with Crippen LogP contribution in [0.25, 0.3) is 0 Å². The Labute approximate surface area is 101 Å². The standard InChI is InChI=1S/C12H19NO4/c1-10(2,3)17-8(14)4-13-12-5-11(6-12,7-12)9(15)16/h13H,4-7H2,1-3H3,(H,15,16). The number of nitrogens with one attached hydrogen (secondary N) is 1. The van der Waals surface area contributed by atoms with Crippen molar-refractivity contribution in [3.8, 4) is 0 Å². The molecular formula is C12H19NO4. The quantitative estimate of drug-likeness (QED) is 0.716. The number of carbonyl (C=O) groups is 2. The second-order valence-electron chi connectivity index (χ2n) is 6.34. The Morgan fingerprint density at radius 1 is 1.29 bits per heavy atom. The minimum atomic E-state index is -0.710. The van der Waals surface area contributed by atoms with E-state index in [9.17, 15) is 9.59 Å². The summed E-state index contributed by atoms with van der Waals surface area (Å²) in [4.78, 5) is 22.4. The zero-order valence-electron chi connectivity index (χ0n) is 10.5. The maximum absolute atomic E-state index is 11.5. The molecule has 17 heavy (non-hydrogen) atoms. The minimum absolute atomic E-state index is 0.116. The summed E-state index contributed by atoms with van der Waals surface area (Å²) in [5.74, 6) is -0.995. The highest BCUT2D eigenvalue weighted by Crippen LogP contribution is 2.67. The van der Waals surface area contributed by atoms with E-state index in [-0.39, 0.29) is 18.1 Å². The van der Waals surface area contributed by atoms with Crippen molar-refractivity contribution < 1.29 is 19.4 Å². The van der Waals surface area contributed by atoms with Crippen LogP contribution in [0, 0.1) is 5.41 Å². The van der Waals surface area contributed by atoms with E-state index in [0.717, 1.165) is 0 Å². The van der Waals surface area contributed by atoms with E-state index in [4.69, 9.17) is 9.84 Å². The molecule has 5 heteroatoms.